The number of carbonyl (C=O) groups is 1. The van der Waals surface area contributed by atoms with E-state index in [9.17, 15) is 4.79 Å². The highest BCUT2D eigenvalue weighted by atomic mass is 16.5. The molecule has 0 aliphatic carbocycles. The van der Waals surface area contributed by atoms with Crippen LogP contribution in [0.5, 0.6) is 5.88 Å². The van der Waals surface area contributed by atoms with Gasteiger partial charge in [0.15, 0.2) is 0 Å². The Labute approximate surface area is 160 Å². The van der Waals surface area contributed by atoms with Crippen molar-refractivity contribution in [2.75, 3.05) is 31.1 Å². The molecule has 1 unspecified atom stereocenters. The predicted octanol–water partition coefficient (Wildman–Crippen LogP) is 3.07. The first-order chi connectivity index (χ1) is 13.2. The molecule has 0 bridgehead atoms. The average molecular weight is 366 g/mol. The Kier molecular flexibility index (Phi) is 5.23. The summed E-state index contributed by atoms with van der Waals surface area (Å²) in [6.45, 7) is 5.36. The fraction of sp³-hybridized carbons (Fsp3) is 0.476. The Bertz CT molecular complexity index is 804. The molecule has 0 N–H and O–H groups in total. The van der Waals surface area contributed by atoms with Crippen LogP contribution in [0.4, 0.5) is 5.82 Å². The van der Waals surface area contributed by atoms with E-state index in [1.807, 2.05) is 42.2 Å². The summed E-state index contributed by atoms with van der Waals surface area (Å²) in [4.78, 5) is 25.6. The van der Waals surface area contributed by atoms with Crippen molar-refractivity contribution in [2.45, 2.75) is 38.7 Å². The Hall–Kier alpha value is -2.63. The number of hydrogen-bond acceptors (Lipinski definition) is 5. The second kappa shape index (κ2) is 7.94. The smallest absolute Gasteiger partial charge is 0.254 e. The molecule has 3 heterocycles. The van der Waals surface area contributed by atoms with Gasteiger partial charge < -0.3 is 14.5 Å². The van der Waals surface area contributed by atoms with Crippen LogP contribution in [0.3, 0.4) is 0 Å². The summed E-state index contributed by atoms with van der Waals surface area (Å²) in [6.07, 6.45) is 6.07. The molecule has 27 heavy (non-hydrogen) atoms. The van der Waals surface area contributed by atoms with Crippen molar-refractivity contribution < 1.29 is 9.53 Å². The van der Waals surface area contributed by atoms with E-state index in [1.165, 1.54) is 19.3 Å². The quantitative estimate of drug-likeness (QED) is 0.832. The SMILES string of the molecule is Cc1ccccc1C(=O)N1CCC(Oc2cc(N3CCCCC3)ncn2)C1. The molecule has 2 aromatic rings. The molecule has 6 nitrogen and oxygen atoms in total. The molecule has 0 saturated carbocycles. The van der Waals surface area contributed by atoms with Gasteiger partial charge in [-0.2, -0.15) is 0 Å². The van der Waals surface area contributed by atoms with Crippen molar-refractivity contribution in [1.29, 1.82) is 0 Å². The van der Waals surface area contributed by atoms with Crippen molar-refractivity contribution >= 4 is 11.7 Å². The van der Waals surface area contributed by atoms with Gasteiger partial charge in [0, 0.05) is 37.7 Å². The summed E-state index contributed by atoms with van der Waals surface area (Å²) in [7, 11) is 0. The Morgan fingerprint density at radius 2 is 1.93 bits per heavy atom. The minimum absolute atomic E-state index is 0.0259. The topological polar surface area (TPSA) is 58.6 Å². The summed E-state index contributed by atoms with van der Waals surface area (Å²) in [6, 6.07) is 9.66. The van der Waals surface area contributed by atoms with Crippen LogP contribution in [0.25, 0.3) is 0 Å². The second-order valence-electron chi connectivity index (χ2n) is 7.36. The summed E-state index contributed by atoms with van der Waals surface area (Å²) < 4.78 is 6.08. The van der Waals surface area contributed by atoms with Gasteiger partial charge in [0.25, 0.3) is 5.91 Å². The van der Waals surface area contributed by atoms with Gasteiger partial charge in [-0.3, -0.25) is 4.79 Å². The van der Waals surface area contributed by atoms with Crippen LogP contribution in [-0.4, -0.2) is 53.1 Å². The Balaban J connectivity index is 1.38. The van der Waals surface area contributed by atoms with Crippen molar-refractivity contribution in [1.82, 2.24) is 14.9 Å². The third-order valence-corrected chi connectivity index (χ3v) is 5.40. The first-order valence-electron chi connectivity index (χ1n) is 9.79. The minimum Gasteiger partial charge on any atom is -0.472 e. The lowest BCUT2D eigenvalue weighted by Crippen LogP contribution is -2.31. The molecule has 1 aromatic heterocycles. The van der Waals surface area contributed by atoms with Crippen molar-refractivity contribution in [3.63, 3.8) is 0 Å². The molecule has 4 rings (SSSR count). The molecule has 1 atom stereocenters. The van der Waals surface area contributed by atoms with Gasteiger partial charge in [0.05, 0.1) is 6.54 Å². The van der Waals surface area contributed by atoms with E-state index in [4.69, 9.17) is 4.74 Å². The molecular formula is C21H26N4O2. The highest BCUT2D eigenvalue weighted by Gasteiger charge is 2.29. The number of likely N-dealkylation sites (tertiary alicyclic amines) is 1. The van der Waals surface area contributed by atoms with Gasteiger partial charge in [-0.05, 0) is 37.8 Å². The van der Waals surface area contributed by atoms with Crippen LogP contribution < -0.4 is 9.64 Å². The molecule has 142 valence electrons. The highest BCUT2D eigenvalue weighted by molar-refractivity contribution is 5.95. The number of carbonyl (C=O) groups excluding carboxylic acids is 1. The maximum Gasteiger partial charge on any atom is 0.254 e. The number of hydrogen-bond donors (Lipinski definition) is 0. The van der Waals surface area contributed by atoms with E-state index < -0.39 is 0 Å². The van der Waals surface area contributed by atoms with Gasteiger partial charge in [-0.1, -0.05) is 18.2 Å². The number of anilines is 1. The highest BCUT2D eigenvalue weighted by Crippen LogP contribution is 2.23. The second-order valence-corrected chi connectivity index (χ2v) is 7.36. The summed E-state index contributed by atoms with van der Waals surface area (Å²) in [5.74, 6) is 1.61. The van der Waals surface area contributed by atoms with Crippen molar-refractivity contribution in [3.8, 4) is 5.88 Å². The molecule has 2 aliphatic heterocycles. The van der Waals surface area contributed by atoms with E-state index >= 15 is 0 Å². The number of aryl methyl sites for hydroxylation is 1. The molecule has 2 saturated heterocycles. The predicted molar refractivity (Wildman–Crippen MR) is 104 cm³/mol. The summed E-state index contributed by atoms with van der Waals surface area (Å²) in [5.41, 5.74) is 1.78. The number of benzene rings is 1. The first-order valence-corrected chi connectivity index (χ1v) is 9.79. The maximum absolute atomic E-state index is 12.8. The fourth-order valence-electron chi connectivity index (χ4n) is 3.85. The molecule has 0 radical (unpaired) electrons. The van der Waals surface area contributed by atoms with Gasteiger partial charge in [-0.25, -0.2) is 9.97 Å². The number of aromatic nitrogens is 2. The zero-order chi connectivity index (χ0) is 18.6. The fourth-order valence-corrected chi connectivity index (χ4v) is 3.85. The van der Waals surface area contributed by atoms with Crippen LogP contribution in [-0.2, 0) is 0 Å². The maximum atomic E-state index is 12.8. The first kappa shape index (κ1) is 17.8. The monoisotopic (exact) mass is 366 g/mol. The van der Waals surface area contributed by atoms with Crippen LogP contribution in [0, 0.1) is 6.92 Å². The minimum atomic E-state index is -0.0259. The zero-order valence-electron chi connectivity index (χ0n) is 15.8. The van der Waals surface area contributed by atoms with E-state index in [-0.39, 0.29) is 12.0 Å². The number of ether oxygens (including phenoxy) is 1. The van der Waals surface area contributed by atoms with Crippen molar-refractivity contribution in [3.05, 3.63) is 47.8 Å². The molecule has 2 aliphatic rings. The molecule has 6 heteroatoms. The molecule has 1 aromatic carbocycles. The van der Waals surface area contributed by atoms with Crippen molar-refractivity contribution in [2.24, 2.45) is 0 Å². The van der Waals surface area contributed by atoms with E-state index in [2.05, 4.69) is 14.9 Å². The standard InChI is InChI=1S/C21H26N4O2/c1-16-7-3-4-8-18(16)21(26)25-12-9-17(14-25)27-20-13-19(22-15-23-20)24-10-5-2-6-11-24/h3-4,7-8,13,15,17H,2,5-6,9-12,14H2,1H3. The third-order valence-electron chi connectivity index (χ3n) is 5.40. The van der Waals surface area contributed by atoms with Gasteiger partial charge in [0.1, 0.15) is 18.2 Å². The van der Waals surface area contributed by atoms with Gasteiger partial charge >= 0.3 is 0 Å². The molecule has 0 spiro atoms. The van der Waals surface area contributed by atoms with E-state index in [0.29, 0.717) is 19.0 Å². The number of rotatable bonds is 4. The number of nitrogens with zero attached hydrogens (tertiary/aromatic N) is 4. The lowest BCUT2D eigenvalue weighted by molar-refractivity contribution is 0.0770. The van der Waals surface area contributed by atoms with Crippen LogP contribution in [0.1, 0.15) is 41.6 Å². The average Bonchev–Trinajstić information content (AvgIpc) is 3.17. The third kappa shape index (κ3) is 4.04. The summed E-state index contributed by atoms with van der Waals surface area (Å²) >= 11 is 0. The number of piperidine rings is 1. The van der Waals surface area contributed by atoms with Crippen LogP contribution in [0.2, 0.25) is 0 Å². The number of amides is 1. The Morgan fingerprint density at radius 3 is 2.74 bits per heavy atom. The van der Waals surface area contributed by atoms with Gasteiger partial charge in [-0.15, -0.1) is 0 Å². The van der Waals surface area contributed by atoms with E-state index in [0.717, 1.165) is 36.5 Å². The van der Waals surface area contributed by atoms with Crippen LogP contribution >= 0.6 is 0 Å². The van der Waals surface area contributed by atoms with Crippen LogP contribution in [0.15, 0.2) is 36.7 Å². The normalized spacial score (nSPS) is 20.0. The lowest BCUT2D eigenvalue weighted by Gasteiger charge is -2.27. The molecular weight excluding hydrogens is 340 g/mol. The molecule has 2 fully saturated rings. The lowest BCUT2D eigenvalue weighted by atomic mass is 10.1. The largest absolute Gasteiger partial charge is 0.472 e. The summed E-state index contributed by atoms with van der Waals surface area (Å²) in [5, 5.41) is 0. The van der Waals surface area contributed by atoms with E-state index in [1.54, 1.807) is 6.33 Å². The Morgan fingerprint density at radius 1 is 1.11 bits per heavy atom. The molecule has 1 amide bonds. The zero-order valence-corrected chi connectivity index (χ0v) is 15.8. The van der Waals surface area contributed by atoms with Gasteiger partial charge in [0.2, 0.25) is 5.88 Å².